The van der Waals surface area contributed by atoms with Crippen molar-refractivity contribution in [3.63, 3.8) is 0 Å². The first-order chi connectivity index (χ1) is 14.9. The number of carbonyl (C=O) groups excluding carboxylic acids is 1. The average Bonchev–Trinajstić information content (AvgIpc) is 3.22. The minimum Gasteiger partial charge on any atom is -0.482 e. The van der Waals surface area contributed by atoms with Crippen LogP contribution in [0.1, 0.15) is 29.8 Å². The third-order valence-corrected chi connectivity index (χ3v) is 6.24. The first kappa shape index (κ1) is 21.0. The zero-order valence-corrected chi connectivity index (χ0v) is 18.0. The van der Waals surface area contributed by atoms with Crippen molar-refractivity contribution < 1.29 is 22.5 Å². The molecule has 0 unspecified atom stereocenters. The van der Waals surface area contributed by atoms with Crippen LogP contribution in [0.3, 0.4) is 0 Å². The molecule has 0 bridgehead atoms. The van der Waals surface area contributed by atoms with Crippen LogP contribution < -0.4 is 14.4 Å². The molecule has 4 rings (SSSR count). The van der Waals surface area contributed by atoms with Crippen molar-refractivity contribution in [3.8, 4) is 5.75 Å². The predicted octanol–water partition coefficient (Wildman–Crippen LogP) is 2.34. The molecule has 0 saturated heterocycles. The number of benzene rings is 2. The van der Waals surface area contributed by atoms with Crippen molar-refractivity contribution in [1.29, 1.82) is 0 Å². The maximum absolute atomic E-state index is 12.9. The van der Waals surface area contributed by atoms with Gasteiger partial charge in [-0.05, 0) is 30.7 Å². The first-order valence-electron chi connectivity index (χ1n) is 9.79. The normalized spacial score (nSPS) is 13.7. The van der Waals surface area contributed by atoms with E-state index in [0.29, 0.717) is 29.6 Å². The molecule has 9 nitrogen and oxygen atoms in total. The zero-order valence-electron chi connectivity index (χ0n) is 17.2. The molecular formula is C21H22N4O5S. The summed E-state index contributed by atoms with van der Waals surface area (Å²) < 4.78 is 38.9. The Balaban J connectivity index is 1.59. The summed E-state index contributed by atoms with van der Waals surface area (Å²) >= 11 is 0. The molecule has 3 aromatic rings. The van der Waals surface area contributed by atoms with Gasteiger partial charge < -0.3 is 9.26 Å². The number of rotatable bonds is 7. The topological polar surface area (TPSA) is 115 Å². The Morgan fingerprint density at radius 2 is 2.03 bits per heavy atom. The lowest BCUT2D eigenvalue weighted by Crippen LogP contribution is -2.38. The average molecular weight is 442 g/mol. The number of nitrogens with zero attached hydrogens (tertiary/aromatic N) is 3. The third kappa shape index (κ3) is 4.59. The quantitative estimate of drug-likeness (QED) is 0.597. The van der Waals surface area contributed by atoms with Crippen molar-refractivity contribution in [2.75, 3.05) is 11.5 Å². The fourth-order valence-electron chi connectivity index (χ4n) is 3.25. The van der Waals surface area contributed by atoms with E-state index < -0.39 is 10.0 Å². The molecule has 0 aliphatic carbocycles. The molecule has 1 aliphatic rings. The van der Waals surface area contributed by atoms with Crippen LogP contribution >= 0.6 is 0 Å². The fraction of sp³-hybridized carbons (Fsp3) is 0.286. The van der Waals surface area contributed by atoms with Gasteiger partial charge in [0.1, 0.15) is 5.75 Å². The second-order valence-electron chi connectivity index (χ2n) is 7.17. The summed E-state index contributed by atoms with van der Waals surface area (Å²) in [6.07, 6.45) is 0.579. The Bertz CT molecular complexity index is 1220. The van der Waals surface area contributed by atoms with Gasteiger partial charge in [0.25, 0.3) is 5.91 Å². The van der Waals surface area contributed by atoms with Crippen molar-refractivity contribution in [2.45, 2.75) is 38.3 Å². The minimum absolute atomic E-state index is 0.0320. The zero-order chi connectivity index (χ0) is 22.0. The summed E-state index contributed by atoms with van der Waals surface area (Å²) in [7, 11) is -3.81. The Morgan fingerprint density at radius 1 is 1.19 bits per heavy atom. The molecule has 2 aromatic carbocycles. The first-order valence-corrected chi connectivity index (χ1v) is 11.3. The van der Waals surface area contributed by atoms with Gasteiger partial charge in [-0.3, -0.25) is 9.69 Å². The number of anilines is 1. The highest BCUT2D eigenvalue weighted by Crippen LogP contribution is 2.35. The van der Waals surface area contributed by atoms with Crippen LogP contribution in [0.15, 0.2) is 51.9 Å². The summed E-state index contributed by atoms with van der Waals surface area (Å²) in [6.45, 7) is 3.89. The van der Waals surface area contributed by atoms with Gasteiger partial charge >= 0.3 is 0 Å². The van der Waals surface area contributed by atoms with E-state index in [0.717, 1.165) is 11.1 Å². The minimum atomic E-state index is -3.81. The van der Waals surface area contributed by atoms with Gasteiger partial charge in [-0.1, -0.05) is 41.9 Å². The smallest absolute Gasteiger partial charge is 0.265 e. The molecule has 0 saturated carbocycles. The number of nitrogens with one attached hydrogen (secondary N) is 1. The monoisotopic (exact) mass is 442 g/mol. The molecule has 31 heavy (non-hydrogen) atoms. The van der Waals surface area contributed by atoms with Crippen molar-refractivity contribution in [1.82, 2.24) is 14.9 Å². The van der Waals surface area contributed by atoms with E-state index in [1.165, 1.54) is 17.0 Å². The summed E-state index contributed by atoms with van der Waals surface area (Å²) in [5, 5.41) is 3.88. The van der Waals surface area contributed by atoms with Gasteiger partial charge in [-0.2, -0.15) is 4.98 Å². The molecule has 1 aliphatic heterocycles. The highest BCUT2D eigenvalue weighted by atomic mass is 32.2. The van der Waals surface area contributed by atoms with Crippen LogP contribution in [-0.4, -0.2) is 31.1 Å². The highest BCUT2D eigenvalue weighted by Gasteiger charge is 2.29. The molecule has 0 radical (unpaired) electrons. The third-order valence-electron chi connectivity index (χ3n) is 4.84. The molecule has 10 heteroatoms. The van der Waals surface area contributed by atoms with Crippen LogP contribution in [0, 0.1) is 6.92 Å². The molecule has 0 spiro atoms. The number of hydrogen-bond acceptors (Lipinski definition) is 7. The second kappa shape index (κ2) is 8.48. The van der Waals surface area contributed by atoms with Crippen molar-refractivity contribution in [2.24, 2.45) is 0 Å². The van der Waals surface area contributed by atoms with Crippen LogP contribution in [0.5, 0.6) is 5.75 Å². The number of aromatic nitrogens is 2. The Kier molecular flexibility index (Phi) is 5.75. The van der Waals surface area contributed by atoms with Gasteiger partial charge in [0.05, 0.1) is 17.1 Å². The molecule has 0 atom stereocenters. The van der Waals surface area contributed by atoms with Crippen LogP contribution in [0.2, 0.25) is 0 Å². The Morgan fingerprint density at radius 3 is 2.77 bits per heavy atom. The molecule has 1 amide bonds. The lowest BCUT2D eigenvalue weighted by molar-refractivity contribution is -0.121. The van der Waals surface area contributed by atoms with E-state index >= 15 is 0 Å². The standard InChI is InChI=1S/C21H22N4O5S/c1-3-20-23-19(24-30-20)12-25-17-10-16(7-8-18(17)29-13-21(25)26)31(27,28)22-11-15-6-4-5-14(2)9-15/h4-10,22H,3,11-13H2,1-2H3. The second-order valence-corrected chi connectivity index (χ2v) is 8.94. The van der Waals surface area contributed by atoms with Crippen LogP contribution in [0.25, 0.3) is 0 Å². The van der Waals surface area contributed by atoms with Gasteiger partial charge in [-0.25, -0.2) is 13.1 Å². The Labute approximate surface area is 180 Å². The maximum Gasteiger partial charge on any atom is 0.265 e. The number of hydrogen-bond donors (Lipinski definition) is 1. The molecule has 0 fully saturated rings. The number of aryl methyl sites for hydroxylation is 2. The van der Waals surface area contributed by atoms with Crippen molar-refractivity contribution >= 4 is 21.6 Å². The molecular weight excluding hydrogens is 420 g/mol. The summed E-state index contributed by atoms with van der Waals surface area (Å²) in [4.78, 5) is 18.2. The molecule has 1 N–H and O–H groups in total. The van der Waals surface area contributed by atoms with Crippen LogP contribution in [-0.2, 0) is 34.3 Å². The summed E-state index contributed by atoms with van der Waals surface area (Å²) in [5.41, 5.74) is 2.24. The molecule has 2 heterocycles. The number of sulfonamides is 1. The van der Waals surface area contributed by atoms with E-state index in [1.54, 1.807) is 6.07 Å². The molecule has 1 aromatic heterocycles. The number of amides is 1. The van der Waals surface area contributed by atoms with Crippen LogP contribution in [0.4, 0.5) is 5.69 Å². The highest BCUT2D eigenvalue weighted by molar-refractivity contribution is 7.89. The van der Waals surface area contributed by atoms with E-state index in [9.17, 15) is 13.2 Å². The SMILES string of the molecule is CCc1nc(CN2C(=O)COc3ccc(S(=O)(=O)NCc4cccc(C)c4)cc32)no1. The largest absolute Gasteiger partial charge is 0.482 e. The van der Waals surface area contributed by atoms with Gasteiger partial charge in [0, 0.05) is 13.0 Å². The van der Waals surface area contributed by atoms with E-state index in [-0.39, 0.29) is 30.5 Å². The van der Waals surface area contributed by atoms with E-state index in [1.807, 2.05) is 38.1 Å². The lowest BCUT2D eigenvalue weighted by Gasteiger charge is -2.28. The summed E-state index contributed by atoms with van der Waals surface area (Å²) in [6, 6.07) is 12.0. The predicted molar refractivity (Wildman–Crippen MR) is 112 cm³/mol. The van der Waals surface area contributed by atoms with Gasteiger partial charge in [-0.15, -0.1) is 0 Å². The van der Waals surface area contributed by atoms with E-state index in [2.05, 4.69) is 14.9 Å². The van der Waals surface area contributed by atoms with Gasteiger partial charge in [0.2, 0.25) is 15.9 Å². The number of carbonyl (C=O) groups is 1. The number of fused-ring (bicyclic) bond motifs is 1. The van der Waals surface area contributed by atoms with Crippen molar-refractivity contribution in [3.05, 3.63) is 65.3 Å². The summed E-state index contributed by atoms with van der Waals surface area (Å²) in [5.74, 6) is 0.894. The molecule has 162 valence electrons. The van der Waals surface area contributed by atoms with E-state index in [4.69, 9.17) is 9.26 Å². The maximum atomic E-state index is 12.9. The number of ether oxygens (including phenoxy) is 1. The van der Waals surface area contributed by atoms with Gasteiger partial charge in [0.15, 0.2) is 12.4 Å². The lowest BCUT2D eigenvalue weighted by atomic mass is 10.1. The Hall–Kier alpha value is -3.24. The fourth-order valence-corrected chi connectivity index (χ4v) is 4.28.